The Morgan fingerprint density at radius 3 is 3.07 bits per heavy atom. The van der Waals surface area contributed by atoms with Gasteiger partial charge in [-0.15, -0.1) is 0 Å². The van der Waals surface area contributed by atoms with Crippen molar-refractivity contribution in [2.45, 2.75) is 19.4 Å². The molecule has 1 aliphatic rings. The summed E-state index contributed by atoms with van der Waals surface area (Å²) in [4.78, 5) is 10.1. The average Bonchev–Trinajstić information content (AvgIpc) is 2.66. The van der Waals surface area contributed by atoms with Crippen LogP contribution >= 0.6 is 11.6 Å². The molecule has 2 heterocycles. The Hall–Kier alpha value is -0.870. The molecule has 1 N–H and O–H groups in total. The van der Waals surface area contributed by atoms with Gasteiger partial charge in [-0.3, -0.25) is 0 Å². The zero-order valence-electron chi connectivity index (χ0n) is 8.60. The van der Waals surface area contributed by atoms with E-state index < -0.39 is 0 Å². The Morgan fingerprint density at radius 1 is 1.67 bits per heavy atom. The Balaban J connectivity index is 2.08. The minimum absolute atomic E-state index is 0.257. The Bertz CT molecular complexity index is 345. The van der Waals surface area contributed by atoms with E-state index in [4.69, 9.17) is 11.6 Å². The maximum atomic E-state index is 9.49. The van der Waals surface area contributed by atoms with E-state index in [2.05, 4.69) is 14.9 Å². The molecule has 1 aromatic heterocycles. The highest BCUT2D eigenvalue weighted by molar-refractivity contribution is 6.28. The molecule has 0 radical (unpaired) electrons. The summed E-state index contributed by atoms with van der Waals surface area (Å²) in [5, 5.41) is 9.76. The lowest BCUT2D eigenvalue weighted by Gasteiger charge is -2.18. The molecule has 0 saturated carbocycles. The molecule has 1 fully saturated rings. The van der Waals surface area contributed by atoms with Crippen LogP contribution in [0, 0.1) is 5.92 Å². The molecule has 15 heavy (non-hydrogen) atoms. The number of anilines is 1. The zero-order chi connectivity index (χ0) is 10.8. The van der Waals surface area contributed by atoms with Crippen LogP contribution in [0.2, 0.25) is 5.28 Å². The highest BCUT2D eigenvalue weighted by Crippen LogP contribution is 2.24. The van der Waals surface area contributed by atoms with Crippen LogP contribution in [0.3, 0.4) is 0 Å². The van der Waals surface area contributed by atoms with Crippen molar-refractivity contribution in [2.24, 2.45) is 5.92 Å². The van der Waals surface area contributed by atoms with Gasteiger partial charge in [-0.1, -0.05) is 0 Å². The molecule has 0 spiro atoms. The predicted octanol–water partition coefficient (Wildman–Crippen LogP) is 1.34. The summed E-state index contributed by atoms with van der Waals surface area (Å²) in [7, 11) is 0. The lowest BCUT2D eigenvalue weighted by atomic mass is 10.0. The van der Waals surface area contributed by atoms with Crippen LogP contribution < -0.4 is 4.90 Å². The molecule has 0 bridgehead atoms. The maximum Gasteiger partial charge on any atom is 0.224 e. The predicted molar refractivity (Wildman–Crippen MR) is 59.0 cm³/mol. The van der Waals surface area contributed by atoms with E-state index in [1.807, 2.05) is 13.0 Å². The smallest absolute Gasteiger partial charge is 0.224 e. The van der Waals surface area contributed by atoms with Gasteiger partial charge in [-0.05, 0) is 31.0 Å². The highest BCUT2D eigenvalue weighted by atomic mass is 35.5. The second-order valence-electron chi connectivity index (χ2n) is 3.92. The minimum Gasteiger partial charge on any atom is -0.393 e. The number of aliphatic hydroxyl groups is 1. The summed E-state index contributed by atoms with van der Waals surface area (Å²) in [6, 6.07) is 1.84. The van der Waals surface area contributed by atoms with Gasteiger partial charge in [0.15, 0.2) is 0 Å². The first kappa shape index (κ1) is 10.6. The number of hydrogen-bond donors (Lipinski definition) is 1. The van der Waals surface area contributed by atoms with Gasteiger partial charge in [0.25, 0.3) is 0 Å². The van der Waals surface area contributed by atoms with Gasteiger partial charge in [0.2, 0.25) is 5.28 Å². The standard InChI is InChI=1S/C10H14ClN3O/c1-7(15)8-3-5-14(6-8)9-2-4-12-10(11)13-9/h2,4,7-8,15H,3,5-6H2,1H3. The molecule has 2 unspecified atom stereocenters. The van der Waals surface area contributed by atoms with Crippen LogP contribution in [0.25, 0.3) is 0 Å². The number of aromatic nitrogens is 2. The first-order valence-electron chi connectivity index (χ1n) is 5.08. The second-order valence-corrected chi connectivity index (χ2v) is 4.26. The molecule has 82 valence electrons. The molecule has 0 amide bonds. The topological polar surface area (TPSA) is 49.2 Å². The molecule has 1 aromatic rings. The summed E-state index contributed by atoms with van der Waals surface area (Å²) in [6.45, 7) is 3.59. The van der Waals surface area contributed by atoms with Crippen molar-refractivity contribution in [2.75, 3.05) is 18.0 Å². The van der Waals surface area contributed by atoms with Crippen molar-refractivity contribution < 1.29 is 5.11 Å². The molecule has 0 aromatic carbocycles. The second kappa shape index (κ2) is 4.33. The van der Waals surface area contributed by atoms with Gasteiger partial charge in [0, 0.05) is 25.2 Å². The maximum absolute atomic E-state index is 9.49. The van der Waals surface area contributed by atoms with Gasteiger partial charge in [-0.2, -0.15) is 0 Å². The van der Waals surface area contributed by atoms with Crippen molar-refractivity contribution >= 4 is 17.4 Å². The van der Waals surface area contributed by atoms with Crippen LogP contribution in [0.4, 0.5) is 5.82 Å². The summed E-state index contributed by atoms with van der Waals surface area (Å²) in [6.07, 6.45) is 2.40. The monoisotopic (exact) mass is 227 g/mol. The number of aliphatic hydroxyl groups excluding tert-OH is 1. The Labute approximate surface area is 93.9 Å². The van der Waals surface area contributed by atoms with Crippen LogP contribution in [0.1, 0.15) is 13.3 Å². The third-order valence-corrected chi connectivity index (χ3v) is 3.02. The Morgan fingerprint density at radius 2 is 2.47 bits per heavy atom. The van der Waals surface area contributed by atoms with Gasteiger partial charge in [-0.25, -0.2) is 9.97 Å². The van der Waals surface area contributed by atoms with Crippen LogP contribution in [0.15, 0.2) is 12.3 Å². The van der Waals surface area contributed by atoms with Crippen molar-refractivity contribution in [3.63, 3.8) is 0 Å². The third-order valence-electron chi connectivity index (χ3n) is 2.84. The molecule has 0 aliphatic carbocycles. The zero-order valence-corrected chi connectivity index (χ0v) is 9.35. The van der Waals surface area contributed by atoms with E-state index in [0.29, 0.717) is 5.92 Å². The molecule has 4 nitrogen and oxygen atoms in total. The fraction of sp³-hybridized carbons (Fsp3) is 0.600. The van der Waals surface area contributed by atoms with E-state index in [9.17, 15) is 5.11 Å². The van der Waals surface area contributed by atoms with Gasteiger partial charge < -0.3 is 10.0 Å². The number of hydrogen-bond acceptors (Lipinski definition) is 4. The SMILES string of the molecule is CC(O)C1CCN(c2ccnc(Cl)n2)C1. The van der Waals surface area contributed by atoms with Crippen molar-refractivity contribution in [1.29, 1.82) is 0 Å². The number of nitrogens with zero attached hydrogens (tertiary/aromatic N) is 3. The van der Waals surface area contributed by atoms with E-state index >= 15 is 0 Å². The first-order valence-corrected chi connectivity index (χ1v) is 5.46. The molecular weight excluding hydrogens is 214 g/mol. The minimum atomic E-state index is -0.257. The van der Waals surface area contributed by atoms with Gasteiger partial charge >= 0.3 is 0 Å². The van der Waals surface area contributed by atoms with Crippen molar-refractivity contribution in [3.05, 3.63) is 17.5 Å². The summed E-state index contributed by atoms with van der Waals surface area (Å²) in [5.41, 5.74) is 0. The van der Waals surface area contributed by atoms with Crippen LogP contribution in [0.5, 0.6) is 0 Å². The summed E-state index contributed by atoms with van der Waals surface area (Å²) >= 11 is 5.72. The highest BCUT2D eigenvalue weighted by Gasteiger charge is 2.26. The fourth-order valence-electron chi connectivity index (χ4n) is 1.89. The normalized spacial score (nSPS) is 23.1. The molecular formula is C10H14ClN3O. The summed E-state index contributed by atoms with van der Waals surface area (Å²) in [5.74, 6) is 1.18. The molecule has 1 saturated heterocycles. The van der Waals surface area contributed by atoms with Crippen LogP contribution in [-0.4, -0.2) is 34.3 Å². The number of halogens is 1. The van der Waals surface area contributed by atoms with Crippen LogP contribution in [-0.2, 0) is 0 Å². The first-order chi connectivity index (χ1) is 7.16. The quantitative estimate of drug-likeness (QED) is 0.775. The molecule has 5 heteroatoms. The van der Waals surface area contributed by atoms with Gasteiger partial charge in [0.05, 0.1) is 6.10 Å². The number of rotatable bonds is 2. The third kappa shape index (κ3) is 2.38. The molecule has 1 aliphatic heterocycles. The van der Waals surface area contributed by atoms with E-state index in [1.54, 1.807) is 6.20 Å². The lowest BCUT2D eigenvalue weighted by Crippen LogP contribution is -2.24. The Kier molecular flexibility index (Phi) is 3.07. The van der Waals surface area contributed by atoms with Crippen molar-refractivity contribution in [1.82, 2.24) is 9.97 Å². The largest absolute Gasteiger partial charge is 0.393 e. The molecule has 2 atom stereocenters. The fourth-order valence-corrected chi connectivity index (χ4v) is 2.03. The van der Waals surface area contributed by atoms with Gasteiger partial charge in [0.1, 0.15) is 5.82 Å². The molecule has 2 rings (SSSR count). The van der Waals surface area contributed by atoms with E-state index in [0.717, 1.165) is 25.3 Å². The van der Waals surface area contributed by atoms with E-state index in [-0.39, 0.29) is 11.4 Å². The van der Waals surface area contributed by atoms with E-state index in [1.165, 1.54) is 0 Å². The summed E-state index contributed by atoms with van der Waals surface area (Å²) < 4.78 is 0. The lowest BCUT2D eigenvalue weighted by molar-refractivity contribution is 0.136. The van der Waals surface area contributed by atoms with Crippen molar-refractivity contribution in [3.8, 4) is 0 Å². The average molecular weight is 228 g/mol.